The van der Waals surface area contributed by atoms with Crippen LogP contribution in [0.3, 0.4) is 0 Å². The second-order valence-corrected chi connectivity index (χ2v) is 3.99. The highest BCUT2D eigenvalue weighted by Gasteiger charge is 2.12. The van der Waals surface area contributed by atoms with Crippen molar-refractivity contribution in [1.82, 2.24) is 15.1 Å². The summed E-state index contributed by atoms with van der Waals surface area (Å²) in [5, 5.41) is 6.93. The van der Waals surface area contributed by atoms with Crippen molar-refractivity contribution in [3.8, 4) is 0 Å². The third-order valence-electron chi connectivity index (χ3n) is 2.73. The standard InChI is InChI=1S/C11H20N4O/c1-4-5-10(12)11(16)13-6-9-7-14-15(3)8(9)2/h7,10H,4-6,12H2,1-3H3,(H,13,16)/t10-/m0/s1. The fourth-order valence-electron chi connectivity index (χ4n) is 1.47. The van der Waals surface area contributed by atoms with Gasteiger partial charge < -0.3 is 11.1 Å². The molecule has 1 atom stereocenters. The fraction of sp³-hybridized carbons (Fsp3) is 0.636. The summed E-state index contributed by atoms with van der Waals surface area (Å²) in [5.74, 6) is -0.0925. The van der Waals surface area contributed by atoms with Gasteiger partial charge in [-0.15, -0.1) is 0 Å². The normalized spacial score (nSPS) is 12.5. The zero-order valence-electron chi connectivity index (χ0n) is 10.2. The molecule has 1 aromatic rings. The molecule has 1 rings (SSSR count). The van der Waals surface area contributed by atoms with E-state index in [2.05, 4.69) is 10.4 Å². The van der Waals surface area contributed by atoms with Gasteiger partial charge in [-0.2, -0.15) is 5.10 Å². The first-order chi connectivity index (χ1) is 7.56. The number of carbonyl (C=O) groups excluding carboxylic acids is 1. The molecule has 0 saturated carbocycles. The topological polar surface area (TPSA) is 72.9 Å². The van der Waals surface area contributed by atoms with Gasteiger partial charge in [0.2, 0.25) is 5.91 Å². The maximum Gasteiger partial charge on any atom is 0.237 e. The Labute approximate surface area is 96.0 Å². The van der Waals surface area contributed by atoms with Crippen LogP contribution in [0.5, 0.6) is 0 Å². The first kappa shape index (κ1) is 12.7. The Bertz CT molecular complexity index is 359. The van der Waals surface area contributed by atoms with Gasteiger partial charge in [0.1, 0.15) is 0 Å². The Balaban J connectivity index is 2.46. The molecule has 1 aromatic heterocycles. The predicted molar refractivity (Wildman–Crippen MR) is 62.7 cm³/mol. The minimum Gasteiger partial charge on any atom is -0.351 e. The van der Waals surface area contributed by atoms with Crippen LogP contribution in [0.1, 0.15) is 31.0 Å². The highest BCUT2D eigenvalue weighted by Crippen LogP contribution is 2.04. The summed E-state index contributed by atoms with van der Waals surface area (Å²) < 4.78 is 1.79. The zero-order valence-corrected chi connectivity index (χ0v) is 10.2. The summed E-state index contributed by atoms with van der Waals surface area (Å²) in [6, 6.07) is -0.401. The van der Waals surface area contributed by atoms with Gasteiger partial charge in [-0.05, 0) is 13.3 Å². The lowest BCUT2D eigenvalue weighted by molar-refractivity contribution is -0.122. The van der Waals surface area contributed by atoms with Crippen molar-refractivity contribution in [3.05, 3.63) is 17.5 Å². The molecule has 0 fully saturated rings. The molecule has 0 saturated heterocycles. The SMILES string of the molecule is CCC[C@H](N)C(=O)NCc1cnn(C)c1C. The Kier molecular flexibility index (Phi) is 4.49. The molecule has 0 aromatic carbocycles. The number of carbonyl (C=O) groups is 1. The van der Waals surface area contributed by atoms with E-state index in [1.165, 1.54) is 0 Å². The van der Waals surface area contributed by atoms with Crippen LogP contribution in [0.25, 0.3) is 0 Å². The highest BCUT2D eigenvalue weighted by molar-refractivity contribution is 5.81. The van der Waals surface area contributed by atoms with Gasteiger partial charge >= 0.3 is 0 Å². The van der Waals surface area contributed by atoms with Crippen molar-refractivity contribution in [3.63, 3.8) is 0 Å². The highest BCUT2D eigenvalue weighted by atomic mass is 16.2. The van der Waals surface area contributed by atoms with E-state index in [9.17, 15) is 4.79 Å². The van der Waals surface area contributed by atoms with E-state index in [0.717, 1.165) is 24.1 Å². The van der Waals surface area contributed by atoms with Crippen LogP contribution >= 0.6 is 0 Å². The lowest BCUT2D eigenvalue weighted by Crippen LogP contribution is -2.40. The van der Waals surface area contributed by atoms with Gasteiger partial charge in [0.05, 0.1) is 12.2 Å². The van der Waals surface area contributed by atoms with Gasteiger partial charge in [-0.25, -0.2) is 0 Å². The maximum absolute atomic E-state index is 11.6. The first-order valence-electron chi connectivity index (χ1n) is 5.57. The van der Waals surface area contributed by atoms with Gasteiger partial charge in [0, 0.05) is 24.8 Å². The summed E-state index contributed by atoms with van der Waals surface area (Å²) >= 11 is 0. The Hall–Kier alpha value is -1.36. The Morgan fingerprint density at radius 2 is 2.38 bits per heavy atom. The van der Waals surface area contributed by atoms with Crippen molar-refractivity contribution in [2.45, 2.75) is 39.3 Å². The number of nitrogens with two attached hydrogens (primary N) is 1. The third-order valence-corrected chi connectivity index (χ3v) is 2.73. The van der Waals surface area contributed by atoms with E-state index in [-0.39, 0.29) is 5.91 Å². The number of amides is 1. The number of nitrogens with zero attached hydrogens (tertiary/aromatic N) is 2. The van der Waals surface area contributed by atoms with Crippen LogP contribution in [0.2, 0.25) is 0 Å². The van der Waals surface area contributed by atoms with Gasteiger partial charge in [-0.3, -0.25) is 9.48 Å². The fourth-order valence-corrected chi connectivity index (χ4v) is 1.47. The van der Waals surface area contributed by atoms with Crippen LogP contribution in [-0.2, 0) is 18.4 Å². The molecule has 0 unspecified atom stereocenters. The molecular weight excluding hydrogens is 204 g/mol. The summed E-state index contributed by atoms with van der Waals surface area (Å²) in [7, 11) is 1.88. The Morgan fingerprint density at radius 3 is 2.88 bits per heavy atom. The molecule has 0 bridgehead atoms. The zero-order chi connectivity index (χ0) is 12.1. The average Bonchev–Trinajstić information content (AvgIpc) is 2.57. The van der Waals surface area contributed by atoms with Crippen LogP contribution in [0, 0.1) is 6.92 Å². The molecule has 0 aliphatic rings. The average molecular weight is 224 g/mol. The summed E-state index contributed by atoms with van der Waals surface area (Å²) in [6.07, 6.45) is 3.40. The van der Waals surface area contributed by atoms with Crippen molar-refractivity contribution in [2.75, 3.05) is 0 Å². The van der Waals surface area contributed by atoms with Gasteiger partial charge in [0.15, 0.2) is 0 Å². The van der Waals surface area contributed by atoms with Crippen molar-refractivity contribution in [2.24, 2.45) is 12.8 Å². The number of aryl methyl sites for hydroxylation is 1. The predicted octanol–water partition coefficient (Wildman–Crippen LogP) is 0.472. The van der Waals surface area contributed by atoms with Crippen LogP contribution in [0.4, 0.5) is 0 Å². The lowest BCUT2D eigenvalue weighted by atomic mass is 10.1. The largest absolute Gasteiger partial charge is 0.351 e. The number of hydrogen-bond donors (Lipinski definition) is 2. The molecule has 1 amide bonds. The summed E-state index contributed by atoms with van der Waals surface area (Å²) in [4.78, 5) is 11.6. The maximum atomic E-state index is 11.6. The minimum absolute atomic E-state index is 0.0925. The first-order valence-corrected chi connectivity index (χ1v) is 5.57. The minimum atomic E-state index is -0.401. The molecule has 1 heterocycles. The molecule has 0 aliphatic heterocycles. The second-order valence-electron chi connectivity index (χ2n) is 3.99. The smallest absolute Gasteiger partial charge is 0.237 e. The van der Waals surface area contributed by atoms with Crippen LogP contribution in [0.15, 0.2) is 6.20 Å². The number of nitrogens with one attached hydrogen (secondary N) is 1. The number of aromatic nitrogens is 2. The second kappa shape index (κ2) is 5.65. The molecular formula is C11H20N4O. The van der Waals surface area contributed by atoms with Crippen molar-refractivity contribution < 1.29 is 4.79 Å². The van der Waals surface area contributed by atoms with Crippen molar-refractivity contribution >= 4 is 5.91 Å². The van der Waals surface area contributed by atoms with E-state index in [0.29, 0.717) is 6.54 Å². The van der Waals surface area contributed by atoms with E-state index >= 15 is 0 Å². The van der Waals surface area contributed by atoms with Gasteiger partial charge in [-0.1, -0.05) is 13.3 Å². The monoisotopic (exact) mass is 224 g/mol. The number of hydrogen-bond acceptors (Lipinski definition) is 3. The molecule has 16 heavy (non-hydrogen) atoms. The van der Waals surface area contributed by atoms with E-state index in [1.54, 1.807) is 10.9 Å². The van der Waals surface area contributed by atoms with E-state index < -0.39 is 6.04 Å². The lowest BCUT2D eigenvalue weighted by Gasteiger charge is -2.10. The summed E-state index contributed by atoms with van der Waals surface area (Å²) in [5.41, 5.74) is 7.79. The Morgan fingerprint density at radius 1 is 1.69 bits per heavy atom. The molecule has 5 nitrogen and oxygen atoms in total. The molecule has 0 spiro atoms. The van der Waals surface area contributed by atoms with Crippen LogP contribution < -0.4 is 11.1 Å². The van der Waals surface area contributed by atoms with Gasteiger partial charge in [0.25, 0.3) is 0 Å². The molecule has 0 radical (unpaired) electrons. The molecule has 3 N–H and O–H groups in total. The molecule has 0 aliphatic carbocycles. The molecule has 5 heteroatoms. The summed E-state index contributed by atoms with van der Waals surface area (Å²) in [6.45, 7) is 4.48. The molecule has 90 valence electrons. The van der Waals surface area contributed by atoms with E-state index in [4.69, 9.17) is 5.73 Å². The third kappa shape index (κ3) is 3.06. The van der Waals surface area contributed by atoms with Crippen molar-refractivity contribution in [1.29, 1.82) is 0 Å². The van der Waals surface area contributed by atoms with E-state index in [1.807, 2.05) is 20.9 Å². The number of rotatable bonds is 5. The quantitative estimate of drug-likeness (QED) is 0.763. The van der Waals surface area contributed by atoms with Crippen LogP contribution in [-0.4, -0.2) is 21.7 Å².